The molecule has 0 atom stereocenters. The third-order valence-electron chi connectivity index (χ3n) is 2.57. The molecule has 0 aliphatic rings. The maximum absolute atomic E-state index is 12.2. The monoisotopic (exact) mass is 279 g/mol. The molecule has 1 aromatic carbocycles. The van der Waals surface area contributed by atoms with Gasteiger partial charge in [0.1, 0.15) is 13.1 Å². The highest BCUT2D eigenvalue weighted by Crippen LogP contribution is 2.15. The fourth-order valence-corrected chi connectivity index (χ4v) is 1.65. The van der Waals surface area contributed by atoms with Crippen molar-refractivity contribution in [3.8, 4) is 0 Å². The summed E-state index contributed by atoms with van der Waals surface area (Å²) in [6, 6.07) is 6.68. The minimum absolute atomic E-state index is 0.304. The molecular formula is C13H17N3O4. The van der Waals surface area contributed by atoms with E-state index in [0.29, 0.717) is 5.56 Å². The quantitative estimate of drug-likeness (QED) is 0.748. The number of carbonyl (C=O) groups is 3. The van der Waals surface area contributed by atoms with Crippen LogP contribution < -0.4 is 10.6 Å². The van der Waals surface area contributed by atoms with Gasteiger partial charge in [0.15, 0.2) is 0 Å². The first-order valence-electron chi connectivity index (χ1n) is 5.88. The predicted octanol–water partition coefficient (Wildman–Crippen LogP) is -0.235. The van der Waals surface area contributed by atoms with E-state index in [1.54, 1.807) is 18.2 Å². The molecule has 0 saturated carbocycles. The molecule has 3 N–H and O–H groups in total. The van der Waals surface area contributed by atoms with Gasteiger partial charge in [0.2, 0.25) is 5.91 Å². The standard InChI is InChI=1S/C13H17N3O4/c1-15(2)10-5-3-4-9(6-10)13(20)16(7-11(14)17)8-12(18)19/h3-6H,7-8H2,1-2H3,(H2,14,17)(H,18,19). The molecule has 0 bridgehead atoms. The summed E-state index contributed by atoms with van der Waals surface area (Å²) in [7, 11) is 3.64. The molecule has 1 rings (SSSR count). The number of hydrogen-bond donors (Lipinski definition) is 2. The van der Waals surface area contributed by atoms with Crippen LogP contribution in [0.2, 0.25) is 0 Å². The molecule has 0 fully saturated rings. The van der Waals surface area contributed by atoms with Crippen molar-refractivity contribution in [2.75, 3.05) is 32.1 Å². The molecule has 0 saturated heterocycles. The van der Waals surface area contributed by atoms with Gasteiger partial charge in [-0.25, -0.2) is 0 Å². The summed E-state index contributed by atoms with van der Waals surface area (Å²) in [5.41, 5.74) is 6.13. The Morgan fingerprint density at radius 2 is 1.85 bits per heavy atom. The molecule has 7 nitrogen and oxygen atoms in total. The van der Waals surface area contributed by atoms with Crippen LogP contribution in [-0.4, -0.2) is 55.0 Å². The molecule has 0 aliphatic carbocycles. The van der Waals surface area contributed by atoms with E-state index < -0.39 is 30.9 Å². The summed E-state index contributed by atoms with van der Waals surface area (Å²) in [5, 5.41) is 8.78. The molecule has 0 aliphatic heterocycles. The summed E-state index contributed by atoms with van der Waals surface area (Å²) >= 11 is 0. The van der Waals surface area contributed by atoms with E-state index in [9.17, 15) is 14.4 Å². The molecular weight excluding hydrogens is 262 g/mol. The number of primary amides is 1. The Morgan fingerprint density at radius 3 is 2.35 bits per heavy atom. The van der Waals surface area contributed by atoms with E-state index >= 15 is 0 Å². The number of anilines is 1. The fraction of sp³-hybridized carbons (Fsp3) is 0.308. The van der Waals surface area contributed by atoms with E-state index in [0.717, 1.165) is 10.6 Å². The second-order valence-corrected chi connectivity index (χ2v) is 4.47. The van der Waals surface area contributed by atoms with Crippen LogP contribution in [0.4, 0.5) is 5.69 Å². The van der Waals surface area contributed by atoms with Crippen molar-refractivity contribution in [1.82, 2.24) is 4.90 Å². The lowest BCUT2D eigenvalue weighted by molar-refractivity contribution is -0.138. The van der Waals surface area contributed by atoms with Gasteiger partial charge in [0.25, 0.3) is 5.91 Å². The van der Waals surface area contributed by atoms with Gasteiger partial charge in [-0.1, -0.05) is 6.07 Å². The molecule has 2 amide bonds. The molecule has 0 aromatic heterocycles. The zero-order valence-corrected chi connectivity index (χ0v) is 11.4. The number of rotatable bonds is 6. The van der Waals surface area contributed by atoms with Gasteiger partial charge >= 0.3 is 5.97 Å². The van der Waals surface area contributed by atoms with E-state index in [2.05, 4.69) is 0 Å². The number of nitrogens with two attached hydrogens (primary N) is 1. The Morgan fingerprint density at radius 1 is 1.20 bits per heavy atom. The van der Waals surface area contributed by atoms with Crippen molar-refractivity contribution >= 4 is 23.5 Å². The average Bonchev–Trinajstić information content (AvgIpc) is 2.36. The lowest BCUT2D eigenvalue weighted by atomic mass is 10.1. The predicted molar refractivity (Wildman–Crippen MR) is 73.5 cm³/mol. The van der Waals surface area contributed by atoms with Crippen molar-refractivity contribution in [3.63, 3.8) is 0 Å². The van der Waals surface area contributed by atoms with Gasteiger partial charge < -0.3 is 20.6 Å². The molecule has 1 aromatic rings. The first-order chi connectivity index (χ1) is 9.31. The van der Waals surface area contributed by atoms with Crippen LogP contribution in [0, 0.1) is 0 Å². The van der Waals surface area contributed by atoms with E-state index in [-0.39, 0.29) is 0 Å². The fourth-order valence-electron chi connectivity index (χ4n) is 1.65. The van der Waals surface area contributed by atoms with E-state index in [1.165, 1.54) is 0 Å². The minimum atomic E-state index is -1.21. The van der Waals surface area contributed by atoms with Crippen LogP contribution in [0.3, 0.4) is 0 Å². The van der Waals surface area contributed by atoms with Crippen molar-refractivity contribution in [3.05, 3.63) is 29.8 Å². The molecule has 0 spiro atoms. The lowest BCUT2D eigenvalue weighted by Crippen LogP contribution is -2.41. The van der Waals surface area contributed by atoms with Crippen LogP contribution in [0.25, 0.3) is 0 Å². The number of nitrogens with zero attached hydrogens (tertiary/aromatic N) is 2. The van der Waals surface area contributed by atoms with Gasteiger partial charge in [-0.3, -0.25) is 14.4 Å². The maximum atomic E-state index is 12.2. The summed E-state index contributed by atoms with van der Waals surface area (Å²) in [4.78, 5) is 36.6. The molecule has 0 radical (unpaired) electrons. The Kier molecular flexibility index (Phi) is 5.08. The smallest absolute Gasteiger partial charge is 0.323 e. The normalized spacial score (nSPS) is 9.90. The number of benzene rings is 1. The lowest BCUT2D eigenvalue weighted by Gasteiger charge is -2.20. The number of aliphatic carboxylic acids is 1. The topological polar surface area (TPSA) is 104 Å². The van der Waals surface area contributed by atoms with Crippen LogP contribution in [0.5, 0.6) is 0 Å². The van der Waals surface area contributed by atoms with E-state index in [4.69, 9.17) is 10.8 Å². The zero-order chi connectivity index (χ0) is 15.3. The molecule has 20 heavy (non-hydrogen) atoms. The van der Waals surface area contributed by atoms with Gasteiger partial charge in [-0.05, 0) is 18.2 Å². The highest BCUT2D eigenvalue weighted by Gasteiger charge is 2.20. The number of carbonyl (C=O) groups excluding carboxylic acids is 2. The Labute approximate surface area is 116 Å². The van der Waals surface area contributed by atoms with Crippen molar-refractivity contribution < 1.29 is 19.5 Å². The number of amides is 2. The van der Waals surface area contributed by atoms with Gasteiger partial charge in [-0.2, -0.15) is 0 Å². The highest BCUT2D eigenvalue weighted by molar-refractivity contribution is 5.98. The minimum Gasteiger partial charge on any atom is -0.480 e. The largest absolute Gasteiger partial charge is 0.480 e. The number of carboxylic acid groups (broad SMARTS) is 1. The van der Waals surface area contributed by atoms with Gasteiger partial charge in [0, 0.05) is 25.3 Å². The summed E-state index contributed by atoms with van der Waals surface area (Å²) in [6.07, 6.45) is 0. The Bertz CT molecular complexity index is 512. The highest BCUT2D eigenvalue weighted by atomic mass is 16.4. The van der Waals surface area contributed by atoms with E-state index in [1.807, 2.05) is 25.1 Å². The molecule has 7 heteroatoms. The van der Waals surface area contributed by atoms with Gasteiger partial charge in [-0.15, -0.1) is 0 Å². The molecule has 0 heterocycles. The van der Waals surface area contributed by atoms with Crippen molar-refractivity contribution in [2.24, 2.45) is 5.73 Å². The second kappa shape index (κ2) is 6.55. The number of hydrogen-bond acceptors (Lipinski definition) is 4. The van der Waals surface area contributed by atoms with Crippen LogP contribution in [0.1, 0.15) is 10.4 Å². The Hall–Kier alpha value is -2.57. The zero-order valence-electron chi connectivity index (χ0n) is 11.4. The third-order valence-corrected chi connectivity index (χ3v) is 2.57. The van der Waals surface area contributed by atoms with Crippen LogP contribution in [0.15, 0.2) is 24.3 Å². The maximum Gasteiger partial charge on any atom is 0.323 e. The Balaban J connectivity index is 3.01. The van der Waals surface area contributed by atoms with Crippen LogP contribution >= 0.6 is 0 Å². The molecule has 0 unspecified atom stereocenters. The first-order valence-corrected chi connectivity index (χ1v) is 5.88. The number of carboxylic acids is 1. The average molecular weight is 279 g/mol. The summed E-state index contributed by atoms with van der Waals surface area (Å²) in [6.45, 7) is -1.01. The van der Waals surface area contributed by atoms with Crippen LogP contribution in [-0.2, 0) is 9.59 Å². The second-order valence-electron chi connectivity index (χ2n) is 4.47. The third kappa shape index (κ3) is 4.27. The van der Waals surface area contributed by atoms with Crippen molar-refractivity contribution in [1.29, 1.82) is 0 Å². The van der Waals surface area contributed by atoms with Crippen molar-refractivity contribution in [2.45, 2.75) is 0 Å². The first kappa shape index (κ1) is 15.5. The molecule has 108 valence electrons. The van der Waals surface area contributed by atoms with Gasteiger partial charge in [0.05, 0.1) is 0 Å². The summed E-state index contributed by atoms with van der Waals surface area (Å²) in [5.74, 6) is -2.51. The summed E-state index contributed by atoms with van der Waals surface area (Å²) < 4.78 is 0. The SMILES string of the molecule is CN(C)c1cccc(C(=O)N(CC(N)=O)CC(=O)O)c1.